The molecule has 0 radical (unpaired) electrons. The lowest BCUT2D eigenvalue weighted by Crippen LogP contribution is -2.59. The van der Waals surface area contributed by atoms with E-state index in [0.29, 0.717) is 6.61 Å². The monoisotopic (exact) mass is 357 g/mol. The third kappa shape index (κ3) is 6.75. The van der Waals surface area contributed by atoms with Gasteiger partial charge in [-0.2, -0.15) is 0 Å². The summed E-state index contributed by atoms with van der Waals surface area (Å²) >= 11 is 0. The third-order valence-corrected chi connectivity index (χ3v) is 7.24. The molecule has 0 aromatic rings. The Labute approximate surface area is 150 Å². The van der Waals surface area contributed by atoms with E-state index in [0.717, 1.165) is 19.3 Å². The molecule has 0 aromatic carbocycles. The summed E-state index contributed by atoms with van der Waals surface area (Å²) in [5.74, 6) is 0. The predicted octanol–water partition coefficient (Wildman–Crippen LogP) is 5.58. The van der Waals surface area contributed by atoms with Crippen LogP contribution in [-0.4, -0.2) is 43.1 Å². The van der Waals surface area contributed by atoms with E-state index in [2.05, 4.69) is 33.9 Å². The average Bonchev–Trinajstić information content (AvgIpc) is 2.40. The van der Waals surface area contributed by atoms with Crippen LogP contribution in [0.4, 0.5) is 4.79 Å². The zero-order chi connectivity index (χ0) is 18.6. The van der Waals surface area contributed by atoms with E-state index in [-0.39, 0.29) is 17.7 Å². The van der Waals surface area contributed by atoms with Crippen LogP contribution >= 0.6 is 0 Å². The number of ether oxygens (including phenoxy) is 1. The lowest BCUT2D eigenvalue weighted by molar-refractivity contribution is -0.0352. The number of hydrogen-bond donors (Lipinski definition) is 0. The van der Waals surface area contributed by atoms with E-state index in [1.807, 2.05) is 25.7 Å². The van der Waals surface area contributed by atoms with Crippen LogP contribution in [0.1, 0.15) is 73.6 Å². The molecule has 1 fully saturated rings. The van der Waals surface area contributed by atoms with Gasteiger partial charge in [0, 0.05) is 5.54 Å². The number of unbranched alkanes of at least 4 members (excludes halogenated alkanes) is 1. The fourth-order valence-corrected chi connectivity index (χ4v) is 5.37. The van der Waals surface area contributed by atoms with E-state index in [1.165, 1.54) is 18.9 Å². The summed E-state index contributed by atoms with van der Waals surface area (Å²) in [5, 5.41) is 0. The summed E-state index contributed by atoms with van der Waals surface area (Å²) in [6, 6.07) is 1.31. The average molecular weight is 358 g/mol. The number of carbonyl (C=O) groups is 1. The molecule has 4 nitrogen and oxygen atoms in total. The Morgan fingerprint density at radius 2 is 1.92 bits per heavy atom. The van der Waals surface area contributed by atoms with Crippen LogP contribution in [0.25, 0.3) is 0 Å². The molecule has 1 amide bonds. The highest BCUT2D eigenvalue weighted by Crippen LogP contribution is 2.34. The Morgan fingerprint density at radius 3 is 2.46 bits per heavy atom. The summed E-state index contributed by atoms with van der Waals surface area (Å²) in [6.45, 7) is 17.5. The first-order chi connectivity index (χ1) is 10.9. The predicted molar refractivity (Wildman–Crippen MR) is 103 cm³/mol. The lowest BCUT2D eigenvalue weighted by Gasteiger charge is -2.48. The van der Waals surface area contributed by atoms with E-state index in [9.17, 15) is 4.79 Å². The first-order valence-corrected chi connectivity index (χ1v) is 12.7. The maximum atomic E-state index is 12.8. The Hall–Kier alpha value is -0.553. The second-order valence-corrected chi connectivity index (χ2v) is 13.7. The second-order valence-electron chi connectivity index (χ2n) is 9.38. The highest BCUT2D eigenvalue weighted by molar-refractivity contribution is 6.71. The molecule has 1 atom stereocenters. The molecule has 0 aromatic heterocycles. The van der Waals surface area contributed by atoms with Crippen molar-refractivity contribution in [2.24, 2.45) is 0 Å². The summed E-state index contributed by atoms with van der Waals surface area (Å²) in [4.78, 5) is 14.7. The summed E-state index contributed by atoms with van der Waals surface area (Å²) in [5.41, 5.74) is -0.644. The first kappa shape index (κ1) is 21.5. The van der Waals surface area contributed by atoms with Gasteiger partial charge in [0.05, 0.1) is 12.6 Å². The largest absolute Gasteiger partial charge is 0.444 e. The van der Waals surface area contributed by atoms with E-state index in [1.54, 1.807) is 0 Å². The van der Waals surface area contributed by atoms with Gasteiger partial charge >= 0.3 is 6.09 Å². The van der Waals surface area contributed by atoms with Crippen LogP contribution in [-0.2, 0) is 9.16 Å². The van der Waals surface area contributed by atoms with Crippen molar-refractivity contribution in [3.63, 3.8) is 0 Å². The molecule has 0 bridgehead atoms. The van der Waals surface area contributed by atoms with Crippen LogP contribution in [0.15, 0.2) is 0 Å². The lowest BCUT2D eigenvalue weighted by atomic mass is 9.87. The van der Waals surface area contributed by atoms with Crippen LogP contribution < -0.4 is 0 Å². The van der Waals surface area contributed by atoms with Crippen molar-refractivity contribution in [3.05, 3.63) is 0 Å². The maximum absolute atomic E-state index is 12.8. The molecule has 24 heavy (non-hydrogen) atoms. The smallest absolute Gasteiger partial charge is 0.411 e. The minimum atomic E-state index is -1.64. The van der Waals surface area contributed by atoms with Crippen LogP contribution in [0.3, 0.4) is 0 Å². The summed E-state index contributed by atoms with van der Waals surface area (Å²) in [6.07, 6.45) is 5.39. The molecule has 1 rings (SSSR count). The minimum Gasteiger partial charge on any atom is -0.444 e. The molecular formula is C19H39NO3Si. The number of piperidine rings is 1. The quantitative estimate of drug-likeness (QED) is 0.583. The molecule has 0 spiro atoms. The molecule has 5 heteroatoms. The van der Waals surface area contributed by atoms with Crippen molar-refractivity contribution in [1.29, 1.82) is 0 Å². The molecular weight excluding hydrogens is 318 g/mol. The van der Waals surface area contributed by atoms with Crippen molar-refractivity contribution in [1.82, 2.24) is 4.90 Å². The number of amides is 1. The fourth-order valence-electron chi connectivity index (χ4n) is 3.38. The van der Waals surface area contributed by atoms with E-state index in [4.69, 9.17) is 9.16 Å². The van der Waals surface area contributed by atoms with Gasteiger partial charge < -0.3 is 9.16 Å². The van der Waals surface area contributed by atoms with Crippen LogP contribution in [0.2, 0.25) is 19.1 Å². The van der Waals surface area contributed by atoms with Crippen molar-refractivity contribution < 1.29 is 14.0 Å². The minimum absolute atomic E-state index is 0.122. The van der Waals surface area contributed by atoms with Gasteiger partial charge in [0.15, 0.2) is 8.32 Å². The van der Waals surface area contributed by atoms with Gasteiger partial charge in [0.1, 0.15) is 5.60 Å². The molecule has 1 saturated heterocycles. The van der Waals surface area contributed by atoms with Gasteiger partial charge in [-0.3, -0.25) is 4.90 Å². The normalized spacial score (nSPS) is 21.7. The molecule has 1 aliphatic heterocycles. The van der Waals surface area contributed by atoms with Gasteiger partial charge in [-0.05, 0) is 73.0 Å². The van der Waals surface area contributed by atoms with E-state index >= 15 is 0 Å². The van der Waals surface area contributed by atoms with Crippen molar-refractivity contribution in [2.75, 3.05) is 6.61 Å². The molecule has 142 valence electrons. The van der Waals surface area contributed by atoms with Crippen LogP contribution in [0, 0.1) is 0 Å². The molecule has 1 heterocycles. The SMILES string of the molecule is CCCC[Si](C)(C)OC[C@H]1CCCC(C)(C)N1C(=O)OC(C)(C)C. The molecule has 0 N–H and O–H groups in total. The summed E-state index contributed by atoms with van der Waals surface area (Å²) < 4.78 is 12.0. The van der Waals surface area contributed by atoms with Gasteiger partial charge in [-0.15, -0.1) is 0 Å². The Kier molecular flexibility index (Phi) is 7.36. The molecule has 0 unspecified atom stereocenters. The van der Waals surface area contributed by atoms with Crippen LogP contribution in [0.5, 0.6) is 0 Å². The van der Waals surface area contributed by atoms with Gasteiger partial charge in [0.25, 0.3) is 0 Å². The fraction of sp³-hybridized carbons (Fsp3) is 0.947. The van der Waals surface area contributed by atoms with E-state index < -0.39 is 13.9 Å². The molecule has 0 aliphatic carbocycles. The molecule has 0 saturated carbocycles. The number of rotatable bonds is 6. The van der Waals surface area contributed by atoms with Crippen molar-refractivity contribution >= 4 is 14.4 Å². The standard InChI is InChI=1S/C19H39NO3Si/c1-9-10-14-24(7,8)22-15-16-12-11-13-19(5,6)20(16)17(21)23-18(2,3)4/h16H,9-15H2,1-8H3/t16-/m1/s1. The number of hydrogen-bond acceptors (Lipinski definition) is 3. The van der Waals surface area contributed by atoms with Gasteiger partial charge in [0.2, 0.25) is 0 Å². The topological polar surface area (TPSA) is 38.8 Å². The molecule has 1 aliphatic rings. The van der Waals surface area contributed by atoms with Crippen molar-refractivity contribution in [2.45, 2.75) is 110 Å². The third-order valence-electron chi connectivity index (χ3n) is 4.73. The first-order valence-electron chi connectivity index (χ1n) is 9.54. The number of likely N-dealkylation sites (tertiary alicyclic amines) is 1. The maximum Gasteiger partial charge on any atom is 0.411 e. The highest BCUT2D eigenvalue weighted by atomic mass is 28.4. The Bertz CT molecular complexity index is 415. The summed E-state index contributed by atoms with van der Waals surface area (Å²) in [7, 11) is -1.64. The Balaban J connectivity index is 2.80. The Morgan fingerprint density at radius 1 is 1.29 bits per heavy atom. The van der Waals surface area contributed by atoms with Crippen molar-refractivity contribution in [3.8, 4) is 0 Å². The van der Waals surface area contributed by atoms with Gasteiger partial charge in [-0.1, -0.05) is 19.8 Å². The number of nitrogens with zero attached hydrogens (tertiary/aromatic N) is 1. The number of carbonyl (C=O) groups excluding carboxylic acids is 1. The zero-order valence-electron chi connectivity index (χ0n) is 17.2. The highest BCUT2D eigenvalue weighted by Gasteiger charge is 2.42. The zero-order valence-corrected chi connectivity index (χ0v) is 18.2. The van der Waals surface area contributed by atoms with Gasteiger partial charge in [-0.25, -0.2) is 4.79 Å². The second kappa shape index (κ2) is 8.22.